The molecule has 0 aliphatic carbocycles. The van der Waals surface area contributed by atoms with Crippen LogP contribution in [0.2, 0.25) is 0 Å². The van der Waals surface area contributed by atoms with Gasteiger partial charge in [0.25, 0.3) is 0 Å². The Labute approximate surface area is 140 Å². The number of hydrogen-bond donors (Lipinski definition) is 1. The molecule has 0 aromatic carbocycles. The Morgan fingerprint density at radius 2 is 2.12 bits per heavy atom. The summed E-state index contributed by atoms with van der Waals surface area (Å²) < 4.78 is 23.4. The molecule has 2 fully saturated rings. The maximum Gasteiger partial charge on any atom is 0.246 e. The number of aromatic nitrogens is 2. The van der Waals surface area contributed by atoms with Crippen LogP contribution in [0, 0.1) is 11.2 Å². The Kier molecular flexibility index (Phi) is 5.25. The molecular formula is C16H23FN4O3. The quantitative estimate of drug-likeness (QED) is 0.873. The molecule has 1 aromatic heterocycles. The van der Waals surface area contributed by atoms with Crippen molar-refractivity contribution in [3.05, 3.63) is 18.2 Å². The van der Waals surface area contributed by atoms with Crippen molar-refractivity contribution in [2.24, 2.45) is 5.41 Å². The van der Waals surface area contributed by atoms with Crippen LogP contribution in [-0.2, 0) is 14.3 Å². The molecule has 3 rings (SSSR count). The zero-order valence-corrected chi connectivity index (χ0v) is 13.8. The van der Waals surface area contributed by atoms with Crippen molar-refractivity contribution in [2.75, 3.05) is 44.9 Å². The van der Waals surface area contributed by atoms with E-state index in [4.69, 9.17) is 9.47 Å². The largest absolute Gasteiger partial charge is 0.379 e. The number of amides is 1. The lowest BCUT2D eigenvalue weighted by atomic mass is 9.69. The fourth-order valence-electron chi connectivity index (χ4n) is 3.61. The number of nitrogens with zero attached hydrogens (tertiary/aromatic N) is 3. The first-order chi connectivity index (χ1) is 11.6. The smallest absolute Gasteiger partial charge is 0.246 e. The van der Waals surface area contributed by atoms with Gasteiger partial charge in [-0.2, -0.15) is 0 Å². The number of halogens is 1. The number of piperidine rings is 1. The van der Waals surface area contributed by atoms with Crippen LogP contribution in [0.25, 0.3) is 0 Å². The van der Waals surface area contributed by atoms with Gasteiger partial charge in [-0.15, -0.1) is 0 Å². The number of hydrogen-bond acceptors (Lipinski definition) is 6. The Morgan fingerprint density at radius 3 is 2.79 bits per heavy atom. The maximum absolute atomic E-state index is 13.0. The molecule has 2 aliphatic rings. The summed E-state index contributed by atoms with van der Waals surface area (Å²) in [5.74, 6) is 0.00697. The predicted octanol–water partition coefficient (Wildman–Crippen LogP) is 0.754. The van der Waals surface area contributed by atoms with Crippen molar-refractivity contribution in [1.82, 2.24) is 15.3 Å². The molecule has 2 aliphatic heterocycles. The molecule has 0 bridgehead atoms. The SMILES string of the molecule is COCC(=O)NC1COCCC12CCN(c1ncc(F)cn1)CC2. The molecule has 0 saturated carbocycles. The fraction of sp³-hybridized carbons (Fsp3) is 0.688. The van der Waals surface area contributed by atoms with Gasteiger partial charge in [0.05, 0.1) is 25.0 Å². The van der Waals surface area contributed by atoms with E-state index in [9.17, 15) is 9.18 Å². The van der Waals surface area contributed by atoms with Gasteiger partial charge in [0.1, 0.15) is 6.61 Å². The molecule has 24 heavy (non-hydrogen) atoms. The summed E-state index contributed by atoms with van der Waals surface area (Å²) in [6, 6.07) is -0.00909. The van der Waals surface area contributed by atoms with Gasteiger partial charge in [0.2, 0.25) is 11.9 Å². The van der Waals surface area contributed by atoms with Crippen molar-refractivity contribution in [3.63, 3.8) is 0 Å². The molecule has 1 N–H and O–H groups in total. The van der Waals surface area contributed by atoms with Crippen molar-refractivity contribution in [3.8, 4) is 0 Å². The second-order valence-corrected chi connectivity index (χ2v) is 6.43. The van der Waals surface area contributed by atoms with E-state index >= 15 is 0 Å². The maximum atomic E-state index is 13.0. The second kappa shape index (κ2) is 7.40. The Hall–Kier alpha value is -1.80. The van der Waals surface area contributed by atoms with E-state index in [1.165, 1.54) is 19.5 Å². The standard InChI is InChI=1S/C16H23FN4O3/c1-23-11-14(22)20-13-10-24-7-4-16(13)2-5-21(6-3-16)15-18-8-12(17)9-19-15/h8-9,13H,2-7,10-11H2,1H3,(H,20,22). The van der Waals surface area contributed by atoms with Crippen molar-refractivity contribution < 1.29 is 18.7 Å². The van der Waals surface area contributed by atoms with Gasteiger partial charge in [0.15, 0.2) is 5.82 Å². The van der Waals surface area contributed by atoms with Crippen LogP contribution in [0.5, 0.6) is 0 Å². The summed E-state index contributed by atoms with van der Waals surface area (Å²) in [6.45, 7) is 2.86. The minimum atomic E-state index is -0.433. The number of ether oxygens (including phenoxy) is 2. The molecule has 8 heteroatoms. The van der Waals surface area contributed by atoms with E-state index in [1.807, 2.05) is 0 Å². The number of methoxy groups -OCH3 is 1. The average Bonchev–Trinajstić information content (AvgIpc) is 2.59. The zero-order valence-electron chi connectivity index (χ0n) is 13.8. The van der Waals surface area contributed by atoms with Crippen LogP contribution in [0.1, 0.15) is 19.3 Å². The number of carbonyl (C=O) groups excluding carboxylic acids is 1. The molecule has 2 saturated heterocycles. The van der Waals surface area contributed by atoms with Gasteiger partial charge in [-0.25, -0.2) is 14.4 Å². The summed E-state index contributed by atoms with van der Waals surface area (Å²) in [6.07, 6.45) is 5.12. The van der Waals surface area contributed by atoms with Crippen molar-refractivity contribution >= 4 is 11.9 Å². The summed E-state index contributed by atoms with van der Waals surface area (Å²) in [5, 5.41) is 3.05. The van der Waals surface area contributed by atoms with Crippen LogP contribution >= 0.6 is 0 Å². The Balaban J connectivity index is 1.65. The van der Waals surface area contributed by atoms with Crippen LogP contribution in [0.15, 0.2) is 12.4 Å². The zero-order chi connectivity index (χ0) is 17.0. The van der Waals surface area contributed by atoms with Gasteiger partial charge in [-0.1, -0.05) is 0 Å². The lowest BCUT2D eigenvalue weighted by molar-refractivity contribution is -0.129. The van der Waals surface area contributed by atoms with Crippen molar-refractivity contribution in [1.29, 1.82) is 0 Å². The number of anilines is 1. The highest BCUT2D eigenvalue weighted by atomic mass is 19.1. The molecule has 3 heterocycles. The van der Waals surface area contributed by atoms with E-state index < -0.39 is 5.82 Å². The third-order valence-corrected chi connectivity index (χ3v) is 5.03. The molecule has 1 unspecified atom stereocenters. The van der Waals surface area contributed by atoms with Crippen LogP contribution in [0.3, 0.4) is 0 Å². The van der Waals surface area contributed by atoms with E-state index in [0.29, 0.717) is 19.2 Å². The minimum absolute atomic E-state index is 0.00909. The first-order valence-electron chi connectivity index (χ1n) is 8.21. The second-order valence-electron chi connectivity index (χ2n) is 6.43. The highest BCUT2D eigenvalue weighted by Crippen LogP contribution is 2.41. The molecule has 1 atom stereocenters. The molecule has 7 nitrogen and oxygen atoms in total. The highest BCUT2D eigenvalue weighted by molar-refractivity contribution is 5.77. The Morgan fingerprint density at radius 1 is 1.42 bits per heavy atom. The molecule has 132 valence electrons. The van der Waals surface area contributed by atoms with Crippen LogP contribution in [0.4, 0.5) is 10.3 Å². The molecule has 0 radical (unpaired) electrons. The van der Waals surface area contributed by atoms with Gasteiger partial charge < -0.3 is 19.7 Å². The third kappa shape index (κ3) is 3.64. The topological polar surface area (TPSA) is 76.6 Å². The fourth-order valence-corrected chi connectivity index (χ4v) is 3.61. The first kappa shape index (κ1) is 17.0. The minimum Gasteiger partial charge on any atom is -0.379 e. The van der Waals surface area contributed by atoms with Gasteiger partial charge in [-0.05, 0) is 24.7 Å². The summed E-state index contributed by atoms with van der Waals surface area (Å²) in [5.41, 5.74) is 0.0260. The average molecular weight is 338 g/mol. The van der Waals surface area contributed by atoms with E-state index in [0.717, 1.165) is 32.4 Å². The molecule has 1 aromatic rings. The normalized spacial score (nSPS) is 23.2. The van der Waals surface area contributed by atoms with Gasteiger partial charge >= 0.3 is 0 Å². The number of nitrogens with one attached hydrogen (secondary N) is 1. The number of rotatable bonds is 4. The van der Waals surface area contributed by atoms with E-state index in [2.05, 4.69) is 20.2 Å². The first-order valence-corrected chi connectivity index (χ1v) is 8.21. The lowest BCUT2D eigenvalue weighted by Gasteiger charge is -2.49. The van der Waals surface area contributed by atoms with Crippen LogP contribution < -0.4 is 10.2 Å². The number of carbonyl (C=O) groups is 1. The third-order valence-electron chi connectivity index (χ3n) is 5.03. The van der Waals surface area contributed by atoms with Gasteiger partial charge in [-0.3, -0.25) is 4.79 Å². The van der Waals surface area contributed by atoms with Crippen molar-refractivity contribution in [2.45, 2.75) is 25.3 Å². The van der Waals surface area contributed by atoms with E-state index in [-0.39, 0.29) is 24.0 Å². The monoisotopic (exact) mass is 338 g/mol. The highest BCUT2D eigenvalue weighted by Gasteiger charge is 2.44. The van der Waals surface area contributed by atoms with E-state index in [1.54, 1.807) is 0 Å². The summed E-state index contributed by atoms with van der Waals surface area (Å²) in [7, 11) is 1.51. The molecule has 1 amide bonds. The predicted molar refractivity (Wildman–Crippen MR) is 85.1 cm³/mol. The summed E-state index contributed by atoms with van der Waals surface area (Å²) in [4.78, 5) is 22.1. The Bertz CT molecular complexity index is 561. The lowest BCUT2D eigenvalue weighted by Crippen LogP contribution is -2.58. The molecule has 1 spiro atoms. The van der Waals surface area contributed by atoms with Crippen LogP contribution in [-0.4, -0.2) is 61.9 Å². The summed E-state index contributed by atoms with van der Waals surface area (Å²) >= 11 is 0. The van der Waals surface area contributed by atoms with Gasteiger partial charge in [0, 0.05) is 26.8 Å². The molecular weight excluding hydrogens is 315 g/mol.